The van der Waals surface area contributed by atoms with Crippen molar-refractivity contribution in [2.24, 2.45) is 0 Å². The fourth-order valence-corrected chi connectivity index (χ4v) is 4.06. The average Bonchev–Trinajstić information content (AvgIpc) is 3.58. The largest absolute Gasteiger partial charge is 0.345 e. The second-order valence-electron chi connectivity index (χ2n) is 8.27. The van der Waals surface area contributed by atoms with E-state index in [9.17, 15) is 14.4 Å². The van der Waals surface area contributed by atoms with Gasteiger partial charge in [-0.3, -0.25) is 14.4 Å². The number of benzene rings is 1. The van der Waals surface area contributed by atoms with E-state index in [1.54, 1.807) is 15.7 Å². The summed E-state index contributed by atoms with van der Waals surface area (Å²) in [6.07, 6.45) is 5.00. The smallest absolute Gasteiger partial charge is 0.312 e. The van der Waals surface area contributed by atoms with E-state index in [4.69, 9.17) is 23.2 Å². The van der Waals surface area contributed by atoms with Gasteiger partial charge in [0, 0.05) is 48.9 Å². The summed E-state index contributed by atoms with van der Waals surface area (Å²) < 4.78 is 1.68. The predicted molar refractivity (Wildman–Crippen MR) is 126 cm³/mol. The third-order valence-electron chi connectivity index (χ3n) is 5.73. The molecular weight excluding hydrogens is 465 g/mol. The first kappa shape index (κ1) is 23.3. The number of rotatable bonds is 5. The maximum absolute atomic E-state index is 12.7. The topological polar surface area (TPSA) is 87.5 Å². The molecule has 0 unspecified atom stereocenters. The van der Waals surface area contributed by atoms with Crippen LogP contribution in [0.2, 0.25) is 10.2 Å². The zero-order chi connectivity index (χ0) is 23.5. The van der Waals surface area contributed by atoms with E-state index in [1.165, 1.54) is 11.0 Å². The fourth-order valence-electron chi connectivity index (χ4n) is 3.63. The van der Waals surface area contributed by atoms with Gasteiger partial charge in [0.05, 0.1) is 12.2 Å². The highest BCUT2D eigenvalue weighted by Gasteiger charge is 2.31. The van der Waals surface area contributed by atoms with Gasteiger partial charge in [-0.25, -0.2) is 4.68 Å². The van der Waals surface area contributed by atoms with E-state index in [2.05, 4.69) is 10.4 Å². The average molecular weight is 490 g/mol. The van der Waals surface area contributed by atoms with Gasteiger partial charge in [0.1, 0.15) is 5.15 Å². The molecule has 33 heavy (non-hydrogen) atoms. The molecule has 2 fully saturated rings. The number of halogens is 2. The zero-order valence-electron chi connectivity index (χ0n) is 18.3. The van der Waals surface area contributed by atoms with Crippen LogP contribution >= 0.6 is 23.2 Å². The lowest BCUT2D eigenvalue weighted by Gasteiger charge is -2.33. The van der Waals surface area contributed by atoms with Gasteiger partial charge in [-0.05, 0) is 43.5 Å². The Bertz CT molecular complexity index is 1080. The lowest BCUT2D eigenvalue weighted by Crippen LogP contribution is -2.53. The van der Waals surface area contributed by atoms with Gasteiger partial charge in [0.25, 0.3) is 0 Å². The maximum Gasteiger partial charge on any atom is 0.312 e. The highest BCUT2D eigenvalue weighted by molar-refractivity contribution is 6.35. The molecule has 1 aliphatic heterocycles. The van der Waals surface area contributed by atoms with E-state index in [0.29, 0.717) is 48.5 Å². The Morgan fingerprint density at radius 2 is 1.70 bits per heavy atom. The molecule has 2 heterocycles. The fraction of sp³-hybridized carbons (Fsp3) is 0.391. The second-order valence-corrected chi connectivity index (χ2v) is 9.07. The molecule has 0 spiro atoms. The molecule has 0 atom stereocenters. The van der Waals surface area contributed by atoms with Crippen LogP contribution in [0.5, 0.6) is 0 Å². The van der Waals surface area contributed by atoms with Crippen LogP contribution in [0, 0.1) is 6.92 Å². The number of hydrogen-bond donors (Lipinski definition) is 1. The van der Waals surface area contributed by atoms with Gasteiger partial charge in [-0.2, -0.15) is 5.10 Å². The Labute approximate surface area is 202 Å². The number of aryl methyl sites for hydroxylation is 1. The van der Waals surface area contributed by atoms with Crippen molar-refractivity contribution in [3.63, 3.8) is 0 Å². The molecule has 2 aromatic rings. The highest BCUT2D eigenvalue weighted by Crippen LogP contribution is 2.23. The molecule has 1 aromatic heterocycles. The van der Waals surface area contributed by atoms with Crippen molar-refractivity contribution in [2.75, 3.05) is 26.2 Å². The molecule has 1 aliphatic carbocycles. The number of piperazine rings is 1. The molecule has 8 nitrogen and oxygen atoms in total. The van der Waals surface area contributed by atoms with Crippen LogP contribution < -0.4 is 5.32 Å². The van der Waals surface area contributed by atoms with Crippen LogP contribution in [0.1, 0.15) is 29.7 Å². The van der Waals surface area contributed by atoms with Crippen molar-refractivity contribution in [1.29, 1.82) is 0 Å². The van der Waals surface area contributed by atoms with Crippen molar-refractivity contribution >= 4 is 47.0 Å². The van der Waals surface area contributed by atoms with Crippen molar-refractivity contribution < 1.29 is 14.4 Å². The van der Waals surface area contributed by atoms with Gasteiger partial charge in [-0.1, -0.05) is 35.3 Å². The summed E-state index contributed by atoms with van der Waals surface area (Å²) in [5.74, 6) is -1.26. The summed E-state index contributed by atoms with van der Waals surface area (Å²) in [7, 11) is 0. The minimum atomic E-state index is -0.557. The summed E-state index contributed by atoms with van der Waals surface area (Å²) in [6.45, 7) is 3.72. The van der Waals surface area contributed by atoms with Crippen molar-refractivity contribution in [3.05, 3.63) is 57.3 Å². The summed E-state index contributed by atoms with van der Waals surface area (Å²) in [6, 6.07) is 7.59. The normalized spacial score (nSPS) is 16.3. The van der Waals surface area contributed by atoms with Crippen LogP contribution in [-0.4, -0.2) is 69.5 Å². The van der Waals surface area contributed by atoms with Crippen LogP contribution in [0.25, 0.3) is 6.08 Å². The van der Waals surface area contributed by atoms with Crippen molar-refractivity contribution in [1.82, 2.24) is 24.9 Å². The van der Waals surface area contributed by atoms with Gasteiger partial charge < -0.3 is 15.1 Å². The Balaban J connectivity index is 1.33. The van der Waals surface area contributed by atoms with E-state index >= 15 is 0 Å². The van der Waals surface area contributed by atoms with E-state index < -0.39 is 11.8 Å². The molecule has 3 amide bonds. The number of carbonyl (C=O) groups is 3. The highest BCUT2D eigenvalue weighted by atomic mass is 35.5. The number of nitrogens with one attached hydrogen (secondary N) is 1. The minimum Gasteiger partial charge on any atom is -0.345 e. The Hall–Kier alpha value is -2.84. The predicted octanol–water partition coefficient (Wildman–Crippen LogP) is 2.51. The summed E-state index contributed by atoms with van der Waals surface area (Å²) in [5.41, 5.74) is 2.41. The van der Waals surface area contributed by atoms with Crippen molar-refractivity contribution in [2.45, 2.75) is 32.4 Å². The summed E-state index contributed by atoms with van der Waals surface area (Å²) in [4.78, 5) is 40.0. The Morgan fingerprint density at radius 3 is 2.33 bits per heavy atom. The maximum atomic E-state index is 12.7. The molecule has 1 aromatic carbocycles. The SMILES string of the molecule is Cc1nn(Cc2ccc(Cl)cc2)c(Cl)c1C=CC(=O)N1CCN(C(=O)C(=O)NC2CC2)CC1. The van der Waals surface area contributed by atoms with Crippen LogP contribution in [0.15, 0.2) is 30.3 Å². The van der Waals surface area contributed by atoms with Crippen LogP contribution in [0.4, 0.5) is 0 Å². The van der Waals surface area contributed by atoms with Gasteiger partial charge in [-0.15, -0.1) is 0 Å². The van der Waals surface area contributed by atoms with E-state index in [1.807, 2.05) is 31.2 Å². The summed E-state index contributed by atoms with van der Waals surface area (Å²) >= 11 is 12.5. The van der Waals surface area contributed by atoms with Gasteiger partial charge in [0.15, 0.2) is 0 Å². The lowest BCUT2D eigenvalue weighted by atomic mass is 10.2. The summed E-state index contributed by atoms with van der Waals surface area (Å²) in [5, 5.41) is 8.30. The van der Waals surface area contributed by atoms with Crippen molar-refractivity contribution in [3.8, 4) is 0 Å². The molecular formula is C23H25Cl2N5O3. The number of hydrogen-bond acceptors (Lipinski definition) is 4. The monoisotopic (exact) mass is 489 g/mol. The standard InChI is InChI=1S/C23H25Cl2N5O3/c1-15-19(21(25)30(27-15)14-16-2-4-17(24)5-3-16)8-9-20(31)28-10-12-29(13-11-28)23(33)22(32)26-18-6-7-18/h2-5,8-9,18H,6-7,10-14H2,1H3,(H,26,32). The third-order valence-corrected chi connectivity index (χ3v) is 6.38. The molecule has 1 N–H and O–H groups in total. The first-order valence-electron chi connectivity index (χ1n) is 10.9. The first-order valence-corrected chi connectivity index (χ1v) is 11.6. The van der Waals surface area contributed by atoms with E-state index in [-0.39, 0.29) is 11.9 Å². The minimum absolute atomic E-state index is 0.139. The number of carbonyl (C=O) groups excluding carboxylic acids is 3. The molecule has 0 radical (unpaired) electrons. The first-order chi connectivity index (χ1) is 15.8. The van der Waals surface area contributed by atoms with Crippen LogP contribution in [0.3, 0.4) is 0 Å². The quantitative estimate of drug-likeness (QED) is 0.516. The zero-order valence-corrected chi connectivity index (χ0v) is 19.8. The molecule has 174 valence electrons. The number of amides is 3. The Kier molecular flexibility index (Phi) is 7.05. The lowest BCUT2D eigenvalue weighted by molar-refractivity contribution is -0.148. The van der Waals surface area contributed by atoms with Gasteiger partial charge in [0.2, 0.25) is 5.91 Å². The number of nitrogens with zero attached hydrogens (tertiary/aromatic N) is 4. The van der Waals surface area contributed by atoms with E-state index in [0.717, 1.165) is 24.1 Å². The van der Waals surface area contributed by atoms with Crippen LogP contribution in [-0.2, 0) is 20.9 Å². The van der Waals surface area contributed by atoms with Gasteiger partial charge >= 0.3 is 11.8 Å². The molecule has 0 bridgehead atoms. The molecule has 2 aliphatic rings. The molecule has 1 saturated carbocycles. The molecule has 10 heteroatoms. The second kappa shape index (κ2) is 9.97. The number of aromatic nitrogens is 2. The third kappa shape index (κ3) is 5.75. The molecule has 1 saturated heterocycles. The molecule has 4 rings (SSSR count). The Morgan fingerprint density at radius 1 is 1.06 bits per heavy atom.